The van der Waals surface area contributed by atoms with Crippen LogP contribution in [-0.4, -0.2) is 22.8 Å². The van der Waals surface area contributed by atoms with Crippen LogP contribution in [0.2, 0.25) is 0 Å². The van der Waals surface area contributed by atoms with Crippen LogP contribution in [0.25, 0.3) is 0 Å². The SMILES string of the molecule is CC(C)CCC[C@@]1(O)CCC2CC1OC2=O. The molecule has 0 amide bonds. The molecule has 1 aliphatic carbocycles. The highest BCUT2D eigenvalue weighted by molar-refractivity contribution is 5.75. The maximum Gasteiger partial charge on any atom is 0.309 e. The lowest BCUT2D eigenvalue weighted by molar-refractivity contribution is -0.152. The molecule has 3 nitrogen and oxygen atoms in total. The number of esters is 1. The number of carbonyl (C=O) groups is 1. The topological polar surface area (TPSA) is 46.5 Å². The Balaban J connectivity index is 1.90. The van der Waals surface area contributed by atoms with E-state index in [1.54, 1.807) is 0 Å². The second kappa shape index (κ2) is 4.36. The van der Waals surface area contributed by atoms with Crippen LogP contribution < -0.4 is 0 Å². The van der Waals surface area contributed by atoms with Crippen molar-refractivity contribution in [1.29, 1.82) is 0 Å². The van der Waals surface area contributed by atoms with E-state index in [2.05, 4.69) is 13.8 Å². The Labute approximate surface area is 97.2 Å². The zero-order chi connectivity index (χ0) is 11.8. The molecule has 1 saturated heterocycles. The second-order valence-electron chi connectivity index (χ2n) is 5.79. The highest BCUT2D eigenvalue weighted by Crippen LogP contribution is 2.42. The average molecular weight is 226 g/mol. The van der Waals surface area contributed by atoms with E-state index in [-0.39, 0.29) is 18.0 Å². The van der Waals surface area contributed by atoms with E-state index in [1.165, 1.54) is 0 Å². The van der Waals surface area contributed by atoms with E-state index in [0.717, 1.165) is 38.5 Å². The molecule has 2 bridgehead atoms. The maximum absolute atomic E-state index is 11.4. The van der Waals surface area contributed by atoms with Crippen molar-refractivity contribution in [2.45, 2.75) is 64.1 Å². The molecule has 1 N–H and O–H groups in total. The van der Waals surface area contributed by atoms with Gasteiger partial charge in [0.15, 0.2) is 0 Å². The molecule has 92 valence electrons. The van der Waals surface area contributed by atoms with Crippen molar-refractivity contribution in [3.8, 4) is 0 Å². The first kappa shape index (κ1) is 11.9. The van der Waals surface area contributed by atoms with E-state index >= 15 is 0 Å². The lowest BCUT2D eigenvalue weighted by Crippen LogP contribution is -2.44. The molecule has 2 aliphatic rings. The molecule has 2 fully saturated rings. The van der Waals surface area contributed by atoms with Crippen molar-refractivity contribution in [3.63, 3.8) is 0 Å². The predicted octanol–water partition coefficient (Wildman–Crippen LogP) is 2.27. The van der Waals surface area contributed by atoms with Gasteiger partial charge in [0.05, 0.1) is 5.92 Å². The van der Waals surface area contributed by atoms with Gasteiger partial charge in [0.25, 0.3) is 0 Å². The van der Waals surface area contributed by atoms with Crippen molar-refractivity contribution in [3.05, 3.63) is 0 Å². The molecular weight excluding hydrogens is 204 g/mol. The van der Waals surface area contributed by atoms with Gasteiger partial charge in [-0.05, 0) is 25.2 Å². The molecule has 0 radical (unpaired) electrons. The van der Waals surface area contributed by atoms with Gasteiger partial charge in [-0.15, -0.1) is 0 Å². The van der Waals surface area contributed by atoms with Gasteiger partial charge in [0, 0.05) is 6.42 Å². The van der Waals surface area contributed by atoms with Crippen LogP contribution in [0.15, 0.2) is 0 Å². The van der Waals surface area contributed by atoms with Crippen LogP contribution in [0.3, 0.4) is 0 Å². The predicted molar refractivity (Wildman–Crippen MR) is 60.9 cm³/mol. The average Bonchev–Trinajstić information content (AvgIpc) is 2.52. The smallest absolute Gasteiger partial charge is 0.309 e. The largest absolute Gasteiger partial charge is 0.459 e. The summed E-state index contributed by atoms with van der Waals surface area (Å²) in [7, 11) is 0. The second-order valence-corrected chi connectivity index (χ2v) is 5.79. The number of rotatable bonds is 4. The van der Waals surface area contributed by atoms with Gasteiger partial charge in [-0.3, -0.25) is 4.79 Å². The molecule has 2 unspecified atom stereocenters. The zero-order valence-corrected chi connectivity index (χ0v) is 10.2. The quantitative estimate of drug-likeness (QED) is 0.748. The summed E-state index contributed by atoms with van der Waals surface area (Å²) >= 11 is 0. The highest BCUT2D eigenvalue weighted by atomic mass is 16.6. The number of aliphatic hydroxyl groups is 1. The van der Waals surface area contributed by atoms with Crippen molar-refractivity contribution in [2.24, 2.45) is 11.8 Å². The van der Waals surface area contributed by atoms with Gasteiger partial charge in [0.1, 0.15) is 11.7 Å². The summed E-state index contributed by atoms with van der Waals surface area (Å²) < 4.78 is 5.27. The third-order valence-electron chi connectivity index (χ3n) is 4.01. The minimum absolute atomic E-state index is 0.0652. The van der Waals surface area contributed by atoms with Crippen LogP contribution in [0.5, 0.6) is 0 Å². The van der Waals surface area contributed by atoms with Gasteiger partial charge < -0.3 is 9.84 Å². The van der Waals surface area contributed by atoms with E-state index in [1.807, 2.05) is 0 Å². The summed E-state index contributed by atoms with van der Waals surface area (Å²) in [6.45, 7) is 4.38. The Bertz CT molecular complexity index is 274. The van der Waals surface area contributed by atoms with Gasteiger partial charge in [0.2, 0.25) is 0 Å². The summed E-state index contributed by atoms with van der Waals surface area (Å²) in [5.41, 5.74) is -0.739. The Morgan fingerprint density at radius 2 is 2.31 bits per heavy atom. The molecule has 3 atom stereocenters. The summed E-state index contributed by atoms with van der Waals surface area (Å²) in [6.07, 6.45) is 4.96. The van der Waals surface area contributed by atoms with E-state index in [0.29, 0.717) is 5.92 Å². The molecule has 1 aliphatic heterocycles. The molecule has 0 spiro atoms. The molecule has 1 saturated carbocycles. The van der Waals surface area contributed by atoms with Crippen LogP contribution in [0.1, 0.15) is 52.4 Å². The fraction of sp³-hybridized carbons (Fsp3) is 0.923. The standard InChI is InChI=1S/C13H22O3/c1-9(2)4-3-6-13(15)7-5-10-8-11(13)16-12(10)14/h9-11,15H,3-8H2,1-2H3/t10?,11?,13-/m1/s1. The normalized spacial score (nSPS) is 37.9. The first-order valence-corrected chi connectivity index (χ1v) is 6.44. The summed E-state index contributed by atoms with van der Waals surface area (Å²) in [6, 6.07) is 0. The molecule has 0 aromatic rings. The van der Waals surface area contributed by atoms with Crippen molar-refractivity contribution >= 4 is 5.97 Å². The Kier molecular flexibility index (Phi) is 3.24. The van der Waals surface area contributed by atoms with E-state index in [4.69, 9.17) is 4.74 Å². The molecule has 3 heteroatoms. The fourth-order valence-electron chi connectivity index (χ4n) is 2.89. The minimum Gasteiger partial charge on any atom is -0.459 e. The lowest BCUT2D eigenvalue weighted by atomic mass is 9.76. The first-order chi connectivity index (χ1) is 7.51. The molecule has 0 aromatic carbocycles. The lowest BCUT2D eigenvalue weighted by Gasteiger charge is -2.35. The first-order valence-electron chi connectivity index (χ1n) is 6.44. The number of hydrogen-bond donors (Lipinski definition) is 1. The Morgan fingerprint density at radius 1 is 1.56 bits per heavy atom. The minimum atomic E-state index is -0.739. The number of fused-ring (bicyclic) bond motifs is 2. The van der Waals surface area contributed by atoms with Crippen LogP contribution >= 0.6 is 0 Å². The van der Waals surface area contributed by atoms with Crippen molar-refractivity contribution in [1.82, 2.24) is 0 Å². The van der Waals surface area contributed by atoms with Crippen molar-refractivity contribution in [2.75, 3.05) is 0 Å². The summed E-state index contributed by atoms with van der Waals surface area (Å²) in [4.78, 5) is 11.4. The Morgan fingerprint density at radius 3 is 3.00 bits per heavy atom. The van der Waals surface area contributed by atoms with Crippen LogP contribution in [-0.2, 0) is 9.53 Å². The van der Waals surface area contributed by atoms with Gasteiger partial charge >= 0.3 is 5.97 Å². The maximum atomic E-state index is 11.4. The highest BCUT2D eigenvalue weighted by Gasteiger charge is 2.51. The zero-order valence-electron chi connectivity index (χ0n) is 10.2. The van der Waals surface area contributed by atoms with Crippen molar-refractivity contribution < 1.29 is 14.6 Å². The third-order valence-corrected chi connectivity index (χ3v) is 4.01. The summed E-state index contributed by atoms with van der Waals surface area (Å²) in [5.74, 6) is 0.645. The molecular formula is C13H22O3. The van der Waals surface area contributed by atoms with Gasteiger partial charge in [-0.1, -0.05) is 26.7 Å². The number of hydrogen-bond acceptors (Lipinski definition) is 3. The van der Waals surface area contributed by atoms with E-state index in [9.17, 15) is 9.90 Å². The van der Waals surface area contributed by atoms with Crippen LogP contribution in [0, 0.1) is 11.8 Å². The molecule has 1 heterocycles. The number of carbonyl (C=O) groups excluding carboxylic acids is 1. The molecule has 16 heavy (non-hydrogen) atoms. The Hall–Kier alpha value is -0.570. The van der Waals surface area contributed by atoms with E-state index < -0.39 is 5.60 Å². The monoisotopic (exact) mass is 226 g/mol. The molecule has 2 rings (SSSR count). The van der Waals surface area contributed by atoms with Crippen LogP contribution in [0.4, 0.5) is 0 Å². The molecule has 0 aromatic heterocycles. The third kappa shape index (κ3) is 2.24. The van der Waals surface area contributed by atoms with Gasteiger partial charge in [-0.2, -0.15) is 0 Å². The van der Waals surface area contributed by atoms with Gasteiger partial charge in [-0.25, -0.2) is 0 Å². The fourth-order valence-corrected chi connectivity index (χ4v) is 2.89. The summed E-state index contributed by atoms with van der Waals surface area (Å²) in [5, 5.41) is 10.5. The number of ether oxygens (including phenoxy) is 1.